The van der Waals surface area contributed by atoms with Gasteiger partial charge in [0, 0.05) is 23.3 Å². The first kappa shape index (κ1) is 22.5. The largest absolute Gasteiger partial charge is 0.289 e. The molecule has 0 amide bonds. The quantitative estimate of drug-likeness (QED) is 0.184. The van der Waals surface area contributed by atoms with Crippen LogP contribution in [0, 0.1) is 34.1 Å². The third kappa shape index (κ3) is 3.95. The van der Waals surface area contributed by atoms with Crippen molar-refractivity contribution in [3.05, 3.63) is 127 Å². The zero-order valence-corrected chi connectivity index (χ0v) is 18.5. The van der Waals surface area contributed by atoms with Crippen LogP contribution in [0.5, 0.6) is 0 Å². The lowest BCUT2D eigenvalue weighted by atomic mass is 9.86. The molecule has 7 nitrogen and oxygen atoms in total. The molecule has 4 aromatic carbocycles. The molecule has 0 atom stereocenters. The van der Waals surface area contributed by atoms with Gasteiger partial charge in [-0.15, -0.1) is 0 Å². The molecule has 168 valence electrons. The van der Waals surface area contributed by atoms with Crippen LogP contribution in [0.15, 0.2) is 84.9 Å². The Hall–Kier alpha value is -4.65. The van der Waals surface area contributed by atoms with Crippen LogP contribution in [-0.2, 0) is 0 Å². The van der Waals surface area contributed by atoms with E-state index in [4.69, 9.17) is 0 Å². The average Bonchev–Trinajstić information content (AvgIpc) is 2.83. The minimum absolute atomic E-state index is 0.110. The lowest BCUT2D eigenvalue weighted by Crippen LogP contribution is -2.09. The van der Waals surface area contributed by atoms with Crippen molar-refractivity contribution in [1.82, 2.24) is 0 Å². The molecule has 0 N–H and O–H groups in total. The van der Waals surface area contributed by atoms with Gasteiger partial charge in [-0.05, 0) is 48.2 Å². The first-order valence-electron chi connectivity index (χ1n) is 10.5. The number of rotatable bonds is 6. The van der Waals surface area contributed by atoms with Crippen molar-refractivity contribution in [2.75, 3.05) is 0 Å². The molecule has 0 unspecified atom stereocenters. The summed E-state index contributed by atoms with van der Waals surface area (Å²) >= 11 is 0. The molecule has 0 aliphatic carbocycles. The van der Waals surface area contributed by atoms with E-state index in [2.05, 4.69) is 0 Å². The van der Waals surface area contributed by atoms with Gasteiger partial charge < -0.3 is 0 Å². The summed E-state index contributed by atoms with van der Waals surface area (Å²) < 4.78 is 0. The number of aryl methyl sites for hydroxylation is 2. The number of benzene rings is 4. The molecule has 34 heavy (non-hydrogen) atoms. The number of nitro groups is 2. The summed E-state index contributed by atoms with van der Waals surface area (Å²) in [4.78, 5) is 36.7. The van der Waals surface area contributed by atoms with Crippen LogP contribution in [0.2, 0.25) is 0 Å². The molecular formula is C27H20N2O5. The summed E-state index contributed by atoms with van der Waals surface area (Å²) in [5.41, 5.74) is 2.84. The second kappa shape index (κ2) is 9.07. The fourth-order valence-electron chi connectivity index (χ4n) is 4.18. The fraction of sp³-hybridized carbons (Fsp3) is 0.0741. The van der Waals surface area contributed by atoms with E-state index >= 15 is 0 Å². The van der Waals surface area contributed by atoms with Gasteiger partial charge in [0.25, 0.3) is 11.4 Å². The van der Waals surface area contributed by atoms with Gasteiger partial charge in [-0.3, -0.25) is 25.0 Å². The van der Waals surface area contributed by atoms with E-state index in [1.807, 2.05) is 38.1 Å². The maximum atomic E-state index is 14.0. The van der Waals surface area contributed by atoms with Crippen LogP contribution < -0.4 is 0 Å². The molecule has 0 saturated carbocycles. The summed E-state index contributed by atoms with van der Waals surface area (Å²) in [6.07, 6.45) is 0. The van der Waals surface area contributed by atoms with E-state index in [0.717, 1.165) is 11.1 Å². The molecule has 0 spiro atoms. The van der Waals surface area contributed by atoms with Gasteiger partial charge in [-0.1, -0.05) is 60.7 Å². The first-order chi connectivity index (χ1) is 16.3. The summed E-state index contributed by atoms with van der Waals surface area (Å²) in [5.74, 6) is -0.524. The summed E-state index contributed by atoms with van der Waals surface area (Å²) in [6, 6.07) is 22.9. The van der Waals surface area contributed by atoms with E-state index in [1.165, 1.54) is 36.4 Å². The van der Waals surface area contributed by atoms with E-state index in [0.29, 0.717) is 11.1 Å². The zero-order valence-electron chi connectivity index (χ0n) is 18.5. The van der Waals surface area contributed by atoms with E-state index in [-0.39, 0.29) is 33.6 Å². The molecule has 0 aliphatic rings. The van der Waals surface area contributed by atoms with Gasteiger partial charge in [0.15, 0.2) is 5.78 Å². The Kier molecular flexibility index (Phi) is 6.01. The smallest absolute Gasteiger partial charge is 0.277 e. The number of carbonyl (C=O) groups is 1. The Morgan fingerprint density at radius 2 is 0.971 bits per heavy atom. The average molecular weight is 452 g/mol. The second-order valence-corrected chi connectivity index (χ2v) is 7.87. The number of ketones is 1. The number of hydrogen-bond donors (Lipinski definition) is 0. The van der Waals surface area contributed by atoms with Crippen molar-refractivity contribution >= 4 is 17.2 Å². The van der Waals surface area contributed by atoms with Crippen molar-refractivity contribution in [2.45, 2.75) is 13.8 Å². The third-order valence-corrected chi connectivity index (χ3v) is 5.80. The Balaban J connectivity index is 2.05. The predicted molar refractivity (Wildman–Crippen MR) is 130 cm³/mol. The van der Waals surface area contributed by atoms with Gasteiger partial charge in [0.05, 0.1) is 21.0 Å². The normalized spacial score (nSPS) is 10.6. The number of carbonyl (C=O) groups excluding carboxylic acids is 1. The van der Waals surface area contributed by atoms with Gasteiger partial charge in [-0.25, -0.2) is 0 Å². The molecule has 0 aromatic heterocycles. The highest BCUT2D eigenvalue weighted by atomic mass is 16.6. The van der Waals surface area contributed by atoms with E-state index in [9.17, 15) is 25.0 Å². The van der Waals surface area contributed by atoms with E-state index in [1.54, 1.807) is 24.3 Å². The highest BCUT2D eigenvalue weighted by Gasteiger charge is 2.29. The van der Waals surface area contributed by atoms with Crippen molar-refractivity contribution in [2.24, 2.45) is 0 Å². The van der Waals surface area contributed by atoms with Crippen molar-refractivity contribution in [3.8, 4) is 22.3 Å². The maximum absolute atomic E-state index is 14.0. The molecular weight excluding hydrogens is 432 g/mol. The second-order valence-electron chi connectivity index (χ2n) is 7.87. The molecule has 0 fully saturated rings. The predicted octanol–water partition coefficient (Wildman–Crippen LogP) is 6.68. The van der Waals surface area contributed by atoms with Crippen LogP contribution >= 0.6 is 0 Å². The van der Waals surface area contributed by atoms with Gasteiger partial charge in [0.1, 0.15) is 0 Å². The van der Waals surface area contributed by atoms with Crippen LogP contribution in [0.3, 0.4) is 0 Å². The topological polar surface area (TPSA) is 103 Å². The molecule has 0 aliphatic heterocycles. The van der Waals surface area contributed by atoms with Crippen LogP contribution in [0.1, 0.15) is 27.0 Å². The van der Waals surface area contributed by atoms with Crippen LogP contribution in [0.4, 0.5) is 11.4 Å². The molecule has 0 radical (unpaired) electrons. The third-order valence-electron chi connectivity index (χ3n) is 5.80. The van der Waals surface area contributed by atoms with Crippen molar-refractivity contribution < 1.29 is 14.6 Å². The summed E-state index contributed by atoms with van der Waals surface area (Å²) in [7, 11) is 0. The zero-order chi connectivity index (χ0) is 24.4. The Morgan fingerprint density at radius 1 is 0.588 bits per heavy atom. The molecule has 0 heterocycles. The molecule has 0 bridgehead atoms. The molecule has 0 saturated heterocycles. The maximum Gasteiger partial charge on any atom is 0.277 e. The minimum Gasteiger partial charge on any atom is -0.289 e. The van der Waals surface area contributed by atoms with Gasteiger partial charge in [-0.2, -0.15) is 0 Å². The van der Waals surface area contributed by atoms with Gasteiger partial charge >= 0.3 is 0 Å². The molecule has 4 aromatic rings. The molecule has 4 rings (SSSR count). The minimum atomic E-state index is -0.524. The molecule has 7 heteroatoms. The van der Waals surface area contributed by atoms with Gasteiger partial charge in [0.2, 0.25) is 0 Å². The number of nitro benzene ring substituents is 2. The van der Waals surface area contributed by atoms with E-state index < -0.39 is 15.6 Å². The monoisotopic (exact) mass is 452 g/mol. The lowest BCUT2D eigenvalue weighted by molar-refractivity contribution is -0.384. The Labute approximate surface area is 195 Å². The standard InChI is InChI=1S/C27H20N2O5/c1-17-9-3-5-11-19(17)25-21(13-7-15-23(25)28(31)32)27(30)22-14-8-16-24(29(33)34)26(22)20-12-6-4-10-18(20)2/h3-16H,1-2H3. The fourth-order valence-corrected chi connectivity index (χ4v) is 4.18. The number of nitrogens with zero attached hydrogens (tertiary/aromatic N) is 2. The Morgan fingerprint density at radius 3 is 1.32 bits per heavy atom. The highest BCUT2D eigenvalue weighted by Crippen LogP contribution is 2.40. The van der Waals surface area contributed by atoms with Crippen LogP contribution in [0.25, 0.3) is 22.3 Å². The SMILES string of the molecule is Cc1ccccc1-c1c(C(=O)c2cccc([N+](=O)[O-])c2-c2ccccc2C)cccc1[N+](=O)[O-]. The van der Waals surface area contributed by atoms with Crippen molar-refractivity contribution in [1.29, 1.82) is 0 Å². The lowest BCUT2D eigenvalue weighted by Gasteiger charge is -2.15. The van der Waals surface area contributed by atoms with Crippen LogP contribution in [-0.4, -0.2) is 15.6 Å². The first-order valence-corrected chi connectivity index (χ1v) is 10.5. The summed E-state index contributed by atoms with van der Waals surface area (Å²) in [6.45, 7) is 3.62. The number of hydrogen-bond acceptors (Lipinski definition) is 5. The summed E-state index contributed by atoms with van der Waals surface area (Å²) in [5, 5.41) is 23.8. The highest BCUT2D eigenvalue weighted by molar-refractivity contribution is 6.18. The van der Waals surface area contributed by atoms with Crippen molar-refractivity contribution in [3.63, 3.8) is 0 Å². The Bertz CT molecular complexity index is 1350.